The maximum Gasteiger partial charge on any atom is 0.223 e. The van der Waals surface area contributed by atoms with Crippen LogP contribution in [-0.2, 0) is 11.2 Å². The number of rotatable bonds is 4. The fourth-order valence-electron chi connectivity index (χ4n) is 2.45. The second-order valence-corrected chi connectivity index (χ2v) is 5.04. The summed E-state index contributed by atoms with van der Waals surface area (Å²) in [6.07, 6.45) is 3.17. The zero-order valence-corrected chi connectivity index (χ0v) is 10.9. The maximum absolute atomic E-state index is 12.0. The van der Waals surface area contributed by atoms with Crippen LogP contribution in [0.3, 0.4) is 0 Å². The summed E-state index contributed by atoms with van der Waals surface area (Å²) in [5.74, 6) is 2.18. The first kappa shape index (κ1) is 13.1. The van der Waals surface area contributed by atoms with Gasteiger partial charge in [0.05, 0.1) is 0 Å². The number of carbonyl (C=O) groups excluding carboxylic acids is 1. The molecule has 4 heteroatoms. The zero-order valence-electron chi connectivity index (χ0n) is 10.9. The lowest BCUT2D eigenvalue weighted by atomic mass is 9.98. The van der Waals surface area contributed by atoms with Crippen LogP contribution in [0.25, 0.3) is 0 Å². The summed E-state index contributed by atoms with van der Waals surface area (Å²) in [6.45, 7) is 3.61. The van der Waals surface area contributed by atoms with Gasteiger partial charge in [0.2, 0.25) is 5.91 Å². The van der Waals surface area contributed by atoms with Crippen LogP contribution in [0.1, 0.15) is 30.8 Å². The molecule has 2 rings (SSSR count). The first-order valence-electron chi connectivity index (χ1n) is 6.63. The summed E-state index contributed by atoms with van der Waals surface area (Å²) < 4.78 is 5.45. The average molecular weight is 251 g/mol. The predicted molar refractivity (Wildman–Crippen MR) is 68.2 cm³/mol. The van der Waals surface area contributed by atoms with Crippen molar-refractivity contribution < 1.29 is 14.3 Å². The van der Waals surface area contributed by atoms with E-state index in [1.165, 1.54) is 0 Å². The van der Waals surface area contributed by atoms with Crippen molar-refractivity contribution in [3.63, 3.8) is 0 Å². The number of aliphatic hydroxyl groups is 1. The van der Waals surface area contributed by atoms with Crippen molar-refractivity contribution in [1.82, 2.24) is 4.90 Å². The molecule has 0 radical (unpaired) electrons. The minimum Gasteiger partial charge on any atom is -0.466 e. The molecule has 1 N–H and O–H groups in total. The van der Waals surface area contributed by atoms with Crippen molar-refractivity contribution in [2.24, 2.45) is 5.92 Å². The number of carbonyl (C=O) groups is 1. The Morgan fingerprint density at radius 1 is 1.56 bits per heavy atom. The van der Waals surface area contributed by atoms with Gasteiger partial charge in [0.15, 0.2) is 0 Å². The minimum absolute atomic E-state index is 0.169. The largest absolute Gasteiger partial charge is 0.466 e. The van der Waals surface area contributed by atoms with E-state index in [-0.39, 0.29) is 18.4 Å². The molecule has 1 atom stereocenters. The summed E-state index contributed by atoms with van der Waals surface area (Å²) in [6, 6.07) is 3.85. The molecular weight excluding hydrogens is 230 g/mol. The summed E-state index contributed by atoms with van der Waals surface area (Å²) in [4.78, 5) is 13.9. The summed E-state index contributed by atoms with van der Waals surface area (Å²) in [5.41, 5.74) is 0. The third-order valence-electron chi connectivity index (χ3n) is 3.51. The Labute approximate surface area is 108 Å². The van der Waals surface area contributed by atoms with Gasteiger partial charge in [-0.3, -0.25) is 4.79 Å². The minimum atomic E-state index is 0.169. The number of aryl methyl sites for hydroxylation is 2. The van der Waals surface area contributed by atoms with Gasteiger partial charge in [0.1, 0.15) is 11.5 Å². The van der Waals surface area contributed by atoms with Crippen LogP contribution < -0.4 is 0 Å². The highest BCUT2D eigenvalue weighted by atomic mass is 16.3. The lowest BCUT2D eigenvalue weighted by Crippen LogP contribution is -2.41. The van der Waals surface area contributed by atoms with E-state index in [9.17, 15) is 4.79 Å². The zero-order chi connectivity index (χ0) is 13.0. The number of hydrogen-bond acceptors (Lipinski definition) is 3. The maximum atomic E-state index is 12.0. The van der Waals surface area contributed by atoms with Crippen LogP contribution in [0.15, 0.2) is 16.5 Å². The molecule has 1 aromatic heterocycles. The molecule has 1 fully saturated rings. The van der Waals surface area contributed by atoms with Gasteiger partial charge >= 0.3 is 0 Å². The second-order valence-electron chi connectivity index (χ2n) is 5.04. The average Bonchev–Trinajstić information content (AvgIpc) is 2.82. The molecule has 0 aromatic carbocycles. The van der Waals surface area contributed by atoms with Crippen molar-refractivity contribution in [3.05, 3.63) is 23.7 Å². The van der Waals surface area contributed by atoms with Crippen LogP contribution in [0.4, 0.5) is 0 Å². The monoisotopic (exact) mass is 251 g/mol. The van der Waals surface area contributed by atoms with Crippen LogP contribution in [0.5, 0.6) is 0 Å². The van der Waals surface area contributed by atoms with Gasteiger partial charge < -0.3 is 14.4 Å². The molecule has 4 nitrogen and oxygen atoms in total. The molecule has 1 amide bonds. The Hall–Kier alpha value is -1.29. The fraction of sp³-hybridized carbons (Fsp3) is 0.643. The van der Waals surface area contributed by atoms with Crippen molar-refractivity contribution >= 4 is 5.91 Å². The SMILES string of the molecule is Cc1ccc(CCC(=O)N2CCC[C@H](CO)C2)o1. The molecule has 1 aliphatic heterocycles. The number of furan rings is 1. The standard InChI is InChI=1S/C14H21NO3/c1-11-4-5-13(18-11)6-7-14(17)15-8-2-3-12(9-15)10-16/h4-5,12,16H,2-3,6-10H2,1H3/t12-/m0/s1. The molecular formula is C14H21NO3. The van der Waals surface area contributed by atoms with Crippen molar-refractivity contribution in [2.75, 3.05) is 19.7 Å². The van der Waals surface area contributed by atoms with Gasteiger partial charge in [-0.05, 0) is 37.8 Å². The van der Waals surface area contributed by atoms with Gasteiger partial charge in [-0.25, -0.2) is 0 Å². The molecule has 0 saturated carbocycles. The Bertz CT molecular complexity index is 399. The number of hydrogen-bond donors (Lipinski definition) is 1. The van der Waals surface area contributed by atoms with Crippen molar-refractivity contribution in [2.45, 2.75) is 32.6 Å². The summed E-state index contributed by atoms with van der Waals surface area (Å²) in [7, 11) is 0. The van der Waals surface area contributed by atoms with Crippen LogP contribution in [0.2, 0.25) is 0 Å². The fourth-order valence-corrected chi connectivity index (χ4v) is 2.45. The van der Waals surface area contributed by atoms with E-state index in [4.69, 9.17) is 9.52 Å². The highest BCUT2D eigenvalue weighted by Crippen LogP contribution is 2.17. The first-order chi connectivity index (χ1) is 8.69. The van der Waals surface area contributed by atoms with Gasteiger partial charge in [-0.15, -0.1) is 0 Å². The van der Waals surface area contributed by atoms with Gasteiger partial charge in [-0.1, -0.05) is 0 Å². The van der Waals surface area contributed by atoms with E-state index in [0.717, 1.165) is 30.9 Å². The molecule has 0 spiro atoms. The molecule has 100 valence electrons. The summed E-state index contributed by atoms with van der Waals surface area (Å²) in [5, 5.41) is 9.15. The molecule has 1 aliphatic rings. The molecule has 0 unspecified atom stereocenters. The predicted octanol–water partition coefficient (Wildman–Crippen LogP) is 1.75. The van der Waals surface area contributed by atoms with E-state index in [1.54, 1.807) is 0 Å². The van der Waals surface area contributed by atoms with Crippen molar-refractivity contribution in [1.29, 1.82) is 0 Å². The first-order valence-corrected chi connectivity index (χ1v) is 6.63. The highest BCUT2D eigenvalue weighted by Gasteiger charge is 2.22. The Kier molecular flexibility index (Phi) is 4.42. The van der Waals surface area contributed by atoms with E-state index in [1.807, 2.05) is 24.0 Å². The molecule has 0 aliphatic carbocycles. The topological polar surface area (TPSA) is 53.7 Å². The Morgan fingerprint density at radius 2 is 2.39 bits per heavy atom. The van der Waals surface area contributed by atoms with Crippen LogP contribution in [-0.4, -0.2) is 35.6 Å². The molecule has 0 bridgehead atoms. The number of likely N-dealkylation sites (tertiary alicyclic amines) is 1. The van der Waals surface area contributed by atoms with Gasteiger partial charge in [0.25, 0.3) is 0 Å². The molecule has 18 heavy (non-hydrogen) atoms. The number of aliphatic hydroxyl groups excluding tert-OH is 1. The Morgan fingerprint density at radius 3 is 3.06 bits per heavy atom. The van der Waals surface area contributed by atoms with E-state index in [0.29, 0.717) is 19.4 Å². The van der Waals surface area contributed by atoms with E-state index in [2.05, 4.69) is 0 Å². The number of piperidine rings is 1. The number of amides is 1. The second kappa shape index (κ2) is 6.05. The smallest absolute Gasteiger partial charge is 0.223 e. The van der Waals surface area contributed by atoms with Gasteiger partial charge in [-0.2, -0.15) is 0 Å². The van der Waals surface area contributed by atoms with Crippen LogP contribution >= 0.6 is 0 Å². The normalized spacial score (nSPS) is 20.1. The van der Waals surface area contributed by atoms with E-state index >= 15 is 0 Å². The van der Waals surface area contributed by atoms with Gasteiger partial charge in [0, 0.05) is 32.5 Å². The highest BCUT2D eigenvalue weighted by molar-refractivity contribution is 5.76. The molecule has 2 heterocycles. The quantitative estimate of drug-likeness (QED) is 0.887. The lowest BCUT2D eigenvalue weighted by molar-refractivity contribution is -0.133. The third-order valence-corrected chi connectivity index (χ3v) is 3.51. The third kappa shape index (κ3) is 3.35. The van der Waals surface area contributed by atoms with Crippen LogP contribution in [0, 0.1) is 12.8 Å². The number of nitrogens with zero attached hydrogens (tertiary/aromatic N) is 1. The van der Waals surface area contributed by atoms with E-state index < -0.39 is 0 Å². The summed E-state index contributed by atoms with van der Waals surface area (Å²) >= 11 is 0. The van der Waals surface area contributed by atoms with Crippen molar-refractivity contribution in [3.8, 4) is 0 Å². The molecule has 1 aromatic rings. The Balaban J connectivity index is 1.80. The molecule has 1 saturated heterocycles. The lowest BCUT2D eigenvalue weighted by Gasteiger charge is -2.31.